The van der Waals surface area contributed by atoms with Gasteiger partial charge in [0.2, 0.25) is 0 Å². The van der Waals surface area contributed by atoms with Crippen LogP contribution in [0.5, 0.6) is 11.5 Å². The van der Waals surface area contributed by atoms with Gasteiger partial charge in [0.25, 0.3) is 0 Å². The molecule has 5 nitrogen and oxygen atoms in total. The molecule has 220 valence electrons. The number of hydrogen-bond acceptors (Lipinski definition) is 3. The Labute approximate surface area is 266 Å². The van der Waals surface area contributed by atoms with E-state index < -0.39 is 0 Å². The number of ether oxygens (including phenoxy) is 1. The largest absolute Gasteiger partial charge is 0.457 e. The molecule has 46 heavy (non-hydrogen) atoms. The van der Waals surface area contributed by atoms with Crippen LogP contribution in [0.25, 0.3) is 66.2 Å². The molecule has 5 heteroatoms. The Balaban J connectivity index is 1.19. The van der Waals surface area contributed by atoms with Crippen molar-refractivity contribution in [3.05, 3.63) is 144 Å². The lowest BCUT2D eigenvalue weighted by atomic mass is 9.98. The fourth-order valence-electron chi connectivity index (χ4n) is 7.26. The molecular weight excluding hydrogens is 564 g/mol. The Morgan fingerprint density at radius 1 is 0.565 bits per heavy atom. The van der Waals surface area contributed by atoms with Gasteiger partial charge in [-0.2, -0.15) is 0 Å². The highest BCUT2D eigenvalue weighted by atomic mass is 16.5. The molecule has 0 aliphatic carbocycles. The van der Waals surface area contributed by atoms with Crippen LogP contribution in [0.4, 0.5) is 0 Å². The highest BCUT2D eigenvalue weighted by Gasteiger charge is 2.17. The van der Waals surface area contributed by atoms with Crippen LogP contribution in [-0.2, 0) is 0 Å². The van der Waals surface area contributed by atoms with Crippen molar-refractivity contribution < 1.29 is 4.74 Å². The monoisotopic (exact) mass is 594 g/mol. The Hall–Kier alpha value is -5.94. The van der Waals surface area contributed by atoms with Crippen LogP contribution >= 0.6 is 0 Å². The van der Waals surface area contributed by atoms with Crippen LogP contribution in [0.1, 0.15) is 16.7 Å². The second-order valence-corrected chi connectivity index (χ2v) is 12.1. The molecule has 5 aromatic carbocycles. The molecular formula is C41H30N4O. The molecule has 0 atom stereocenters. The zero-order chi connectivity index (χ0) is 30.9. The molecule has 0 unspecified atom stereocenters. The highest BCUT2D eigenvalue weighted by Crippen LogP contribution is 2.37. The molecule has 9 rings (SSSR count). The van der Waals surface area contributed by atoms with Crippen LogP contribution in [0.15, 0.2) is 128 Å². The maximum atomic E-state index is 6.58. The van der Waals surface area contributed by atoms with E-state index in [1.807, 2.05) is 24.4 Å². The fraction of sp³-hybridized carbons (Fsp3) is 0.0732. The molecule has 0 fully saturated rings. The van der Waals surface area contributed by atoms with Gasteiger partial charge in [0.1, 0.15) is 22.8 Å². The molecule has 0 saturated carbocycles. The summed E-state index contributed by atoms with van der Waals surface area (Å²) < 4.78 is 11.0. The van der Waals surface area contributed by atoms with Crippen molar-refractivity contribution in [2.24, 2.45) is 0 Å². The quantitative estimate of drug-likeness (QED) is 0.190. The van der Waals surface area contributed by atoms with Gasteiger partial charge in [-0.15, -0.1) is 0 Å². The number of hydrogen-bond donors (Lipinski definition) is 0. The van der Waals surface area contributed by atoms with E-state index in [0.29, 0.717) is 0 Å². The first kappa shape index (κ1) is 26.5. The minimum Gasteiger partial charge on any atom is -0.457 e. The van der Waals surface area contributed by atoms with Gasteiger partial charge in [0.05, 0.1) is 22.4 Å². The van der Waals surface area contributed by atoms with Gasteiger partial charge >= 0.3 is 0 Å². The first-order chi connectivity index (χ1) is 22.5. The topological polar surface area (TPSA) is 44.4 Å². The summed E-state index contributed by atoms with van der Waals surface area (Å²) in [7, 11) is 0. The van der Waals surface area contributed by atoms with E-state index in [9.17, 15) is 0 Å². The first-order valence-electron chi connectivity index (χ1n) is 15.6. The van der Waals surface area contributed by atoms with Crippen LogP contribution in [0.3, 0.4) is 0 Å². The number of pyridine rings is 2. The van der Waals surface area contributed by atoms with E-state index in [-0.39, 0.29) is 0 Å². The molecule has 0 bridgehead atoms. The summed E-state index contributed by atoms with van der Waals surface area (Å²) in [4.78, 5) is 10.0. The average molecular weight is 595 g/mol. The molecule has 4 heterocycles. The number of nitrogens with zero attached hydrogens (tertiary/aromatic N) is 4. The van der Waals surface area contributed by atoms with Gasteiger partial charge in [-0.3, -0.25) is 8.97 Å². The third kappa shape index (κ3) is 4.02. The first-order valence-corrected chi connectivity index (χ1v) is 15.6. The normalized spacial score (nSPS) is 11.8. The molecule has 0 radical (unpaired) electrons. The Morgan fingerprint density at radius 2 is 1.28 bits per heavy atom. The predicted octanol–water partition coefficient (Wildman–Crippen LogP) is 10.5. The number of aromatic nitrogens is 4. The third-order valence-electron chi connectivity index (χ3n) is 9.07. The molecule has 4 aromatic heterocycles. The van der Waals surface area contributed by atoms with E-state index in [1.54, 1.807) is 0 Å². The van der Waals surface area contributed by atoms with E-state index >= 15 is 0 Å². The smallest absolute Gasteiger partial charge is 0.146 e. The van der Waals surface area contributed by atoms with Gasteiger partial charge in [-0.1, -0.05) is 60.2 Å². The van der Waals surface area contributed by atoms with Crippen LogP contribution in [0.2, 0.25) is 0 Å². The molecule has 0 saturated heterocycles. The second-order valence-electron chi connectivity index (χ2n) is 12.1. The van der Waals surface area contributed by atoms with Gasteiger partial charge in [0.15, 0.2) is 0 Å². The average Bonchev–Trinajstić information content (AvgIpc) is 3.65. The van der Waals surface area contributed by atoms with Crippen molar-refractivity contribution in [2.75, 3.05) is 0 Å². The van der Waals surface area contributed by atoms with Crippen LogP contribution in [0, 0.1) is 20.8 Å². The highest BCUT2D eigenvalue weighted by molar-refractivity contribution is 6.12. The van der Waals surface area contributed by atoms with Crippen molar-refractivity contribution in [1.82, 2.24) is 18.9 Å². The summed E-state index contributed by atoms with van der Waals surface area (Å²) in [6.45, 7) is 6.49. The van der Waals surface area contributed by atoms with E-state index in [2.05, 4.69) is 133 Å². The van der Waals surface area contributed by atoms with Gasteiger partial charge in [0, 0.05) is 45.6 Å². The fourth-order valence-corrected chi connectivity index (χ4v) is 7.26. The van der Waals surface area contributed by atoms with E-state index in [1.165, 1.54) is 33.0 Å². The summed E-state index contributed by atoms with van der Waals surface area (Å²) in [5.41, 5.74) is 11.0. The standard InChI is InChI=1S/C41H30N4O/c1-25-20-26(2)39(27(3)21-25)36-24-44-37-15-6-4-12-32(37)31-18-17-30(23-35(31)41(44)43-36)46-29-11-8-10-28(22-29)45-38-16-7-5-13-33(38)34-14-9-19-42-40(34)45/h4-24H,1-3H3. The molecule has 0 spiro atoms. The summed E-state index contributed by atoms with van der Waals surface area (Å²) in [5, 5.41) is 5.68. The van der Waals surface area contributed by atoms with Crippen molar-refractivity contribution in [1.29, 1.82) is 0 Å². The van der Waals surface area contributed by atoms with Gasteiger partial charge in [-0.25, -0.2) is 9.97 Å². The van der Waals surface area contributed by atoms with Crippen LogP contribution < -0.4 is 4.74 Å². The van der Waals surface area contributed by atoms with E-state index in [4.69, 9.17) is 14.7 Å². The maximum Gasteiger partial charge on any atom is 0.146 e. The van der Waals surface area contributed by atoms with E-state index in [0.717, 1.165) is 61.4 Å². The Kier molecular flexibility index (Phi) is 5.78. The van der Waals surface area contributed by atoms with Gasteiger partial charge in [-0.05, 0) is 91.9 Å². The summed E-state index contributed by atoms with van der Waals surface area (Å²) in [6, 6.07) is 40.1. The predicted molar refractivity (Wildman–Crippen MR) is 189 cm³/mol. The van der Waals surface area contributed by atoms with Crippen molar-refractivity contribution in [3.63, 3.8) is 0 Å². The number of rotatable bonds is 4. The maximum absolute atomic E-state index is 6.58. The lowest BCUT2D eigenvalue weighted by molar-refractivity contribution is 0.483. The molecule has 0 N–H and O–H groups in total. The minimum absolute atomic E-state index is 0.755. The summed E-state index contributed by atoms with van der Waals surface area (Å²) in [6.07, 6.45) is 4.03. The summed E-state index contributed by atoms with van der Waals surface area (Å²) >= 11 is 0. The number of para-hydroxylation sites is 2. The number of aryl methyl sites for hydroxylation is 3. The Bertz CT molecular complexity index is 2580. The minimum atomic E-state index is 0.755. The molecule has 0 amide bonds. The number of imidazole rings is 1. The Morgan fingerprint density at radius 3 is 2.11 bits per heavy atom. The molecule has 0 aliphatic rings. The van der Waals surface area contributed by atoms with Crippen LogP contribution in [-0.4, -0.2) is 18.9 Å². The van der Waals surface area contributed by atoms with Gasteiger partial charge < -0.3 is 4.74 Å². The lowest BCUT2D eigenvalue weighted by Gasteiger charge is -2.12. The third-order valence-corrected chi connectivity index (χ3v) is 9.07. The zero-order valence-corrected chi connectivity index (χ0v) is 25.8. The SMILES string of the molecule is Cc1cc(C)c(-c2cn3c4ccccc4c4ccc(Oc5cccc(-n6c7ccccc7c7cccnc76)c5)cc4c3n2)c(C)c1. The van der Waals surface area contributed by atoms with Crippen molar-refractivity contribution in [3.8, 4) is 28.4 Å². The molecule has 9 aromatic rings. The zero-order valence-electron chi connectivity index (χ0n) is 25.8. The second kappa shape index (κ2) is 10.0. The number of fused-ring (bicyclic) bond motifs is 9. The molecule has 0 aliphatic heterocycles. The summed E-state index contributed by atoms with van der Waals surface area (Å²) in [5.74, 6) is 1.51. The van der Waals surface area contributed by atoms with Crippen molar-refractivity contribution in [2.45, 2.75) is 20.8 Å². The number of benzene rings is 5. The lowest BCUT2D eigenvalue weighted by Crippen LogP contribution is -1.96. The van der Waals surface area contributed by atoms with Crippen molar-refractivity contribution >= 4 is 49.3 Å².